The van der Waals surface area contributed by atoms with E-state index in [1.54, 1.807) is 32.0 Å². The molecule has 1 heterocycles. The van der Waals surface area contributed by atoms with Gasteiger partial charge in [0.2, 0.25) is 10.0 Å². The Bertz CT molecular complexity index is 1100. The van der Waals surface area contributed by atoms with Crippen molar-refractivity contribution >= 4 is 21.6 Å². The van der Waals surface area contributed by atoms with E-state index in [0.717, 1.165) is 17.7 Å². The van der Waals surface area contributed by atoms with Crippen molar-refractivity contribution in [2.45, 2.75) is 18.7 Å². The average Bonchev–Trinajstić information content (AvgIpc) is 2.89. The first-order chi connectivity index (χ1) is 12.1. The lowest BCUT2D eigenvalue weighted by atomic mass is 9.98. The molecule has 0 aliphatic rings. The highest BCUT2D eigenvalue weighted by Crippen LogP contribution is 2.37. The fourth-order valence-corrected chi connectivity index (χ4v) is 3.46. The maximum atomic E-state index is 14.2. The minimum Gasteiger partial charge on any atom is -0.360 e. The third-order valence-corrected chi connectivity index (χ3v) is 5.25. The van der Waals surface area contributed by atoms with Gasteiger partial charge in [0, 0.05) is 10.6 Å². The summed E-state index contributed by atoms with van der Waals surface area (Å²) >= 11 is 6.02. The zero-order chi connectivity index (χ0) is 19.2. The van der Waals surface area contributed by atoms with Crippen LogP contribution < -0.4 is 5.14 Å². The van der Waals surface area contributed by atoms with E-state index in [1.807, 2.05) is 0 Å². The van der Waals surface area contributed by atoms with Gasteiger partial charge in [-0.05, 0) is 49.2 Å². The van der Waals surface area contributed by atoms with Crippen LogP contribution in [0.4, 0.5) is 8.78 Å². The van der Waals surface area contributed by atoms with Gasteiger partial charge in [-0.2, -0.15) is 0 Å². The number of aryl methyl sites for hydroxylation is 2. The van der Waals surface area contributed by atoms with E-state index in [9.17, 15) is 17.2 Å². The number of hydrogen-bond acceptors (Lipinski definition) is 4. The van der Waals surface area contributed by atoms with Gasteiger partial charge in [-0.3, -0.25) is 0 Å². The van der Waals surface area contributed by atoms with Crippen LogP contribution in [0.15, 0.2) is 39.8 Å². The summed E-state index contributed by atoms with van der Waals surface area (Å²) < 4.78 is 56.3. The molecule has 26 heavy (non-hydrogen) atoms. The van der Waals surface area contributed by atoms with E-state index in [1.165, 1.54) is 0 Å². The summed E-state index contributed by atoms with van der Waals surface area (Å²) in [5.74, 6) is -2.27. The molecule has 2 aromatic carbocycles. The number of rotatable bonds is 3. The third-order valence-electron chi connectivity index (χ3n) is 3.87. The van der Waals surface area contributed by atoms with Crippen LogP contribution in [-0.4, -0.2) is 13.6 Å². The number of aromatic nitrogens is 1. The molecular formula is C17H13ClF2N2O3S. The van der Waals surface area contributed by atoms with E-state index in [-0.39, 0.29) is 5.56 Å². The third kappa shape index (κ3) is 3.23. The lowest BCUT2D eigenvalue weighted by molar-refractivity contribution is 0.400. The Hall–Kier alpha value is -2.29. The van der Waals surface area contributed by atoms with Crippen LogP contribution >= 0.6 is 11.6 Å². The zero-order valence-electron chi connectivity index (χ0n) is 13.7. The lowest BCUT2D eigenvalue weighted by Crippen LogP contribution is -2.16. The van der Waals surface area contributed by atoms with Crippen LogP contribution in [0, 0.1) is 25.5 Å². The number of benzene rings is 2. The zero-order valence-corrected chi connectivity index (χ0v) is 15.3. The second-order valence-corrected chi connectivity index (χ2v) is 7.65. The number of primary sulfonamides is 1. The fraction of sp³-hybridized carbons (Fsp3) is 0.118. The SMILES string of the molecule is Cc1cc(-c2noc(C)c2-c2cc(F)c(S(N)(=O)=O)c(F)c2)ccc1Cl. The predicted molar refractivity (Wildman–Crippen MR) is 93.1 cm³/mol. The average molecular weight is 399 g/mol. The van der Waals surface area contributed by atoms with Crippen molar-refractivity contribution in [1.82, 2.24) is 5.16 Å². The van der Waals surface area contributed by atoms with Gasteiger partial charge >= 0.3 is 0 Å². The van der Waals surface area contributed by atoms with Gasteiger partial charge in [0.15, 0.2) is 4.90 Å². The van der Waals surface area contributed by atoms with E-state index in [2.05, 4.69) is 5.16 Å². The first-order valence-corrected chi connectivity index (χ1v) is 9.27. The maximum absolute atomic E-state index is 14.2. The number of hydrogen-bond donors (Lipinski definition) is 1. The first kappa shape index (κ1) is 18.5. The quantitative estimate of drug-likeness (QED) is 0.716. The molecule has 3 aromatic rings. The van der Waals surface area contributed by atoms with Gasteiger partial charge in [0.05, 0.1) is 5.56 Å². The number of nitrogens with zero attached hydrogens (tertiary/aromatic N) is 1. The maximum Gasteiger partial charge on any atom is 0.243 e. The van der Waals surface area contributed by atoms with Crippen LogP contribution in [0.25, 0.3) is 22.4 Å². The van der Waals surface area contributed by atoms with Crippen molar-refractivity contribution in [2.75, 3.05) is 0 Å². The summed E-state index contributed by atoms with van der Waals surface area (Å²) in [5.41, 5.74) is 2.19. The van der Waals surface area contributed by atoms with Crippen LogP contribution in [-0.2, 0) is 10.0 Å². The van der Waals surface area contributed by atoms with Gasteiger partial charge < -0.3 is 4.52 Å². The Morgan fingerprint density at radius 3 is 2.23 bits per heavy atom. The van der Waals surface area contributed by atoms with Gasteiger partial charge in [0.25, 0.3) is 0 Å². The Balaban J connectivity index is 2.23. The molecule has 0 spiro atoms. The second-order valence-electron chi connectivity index (χ2n) is 5.74. The highest BCUT2D eigenvalue weighted by Gasteiger charge is 2.24. The van der Waals surface area contributed by atoms with E-state index in [0.29, 0.717) is 27.6 Å². The van der Waals surface area contributed by atoms with Crippen molar-refractivity contribution in [2.24, 2.45) is 5.14 Å². The molecule has 136 valence electrons. The van der Waals surface area contributed by atoms with Crippen molar-refractivity contribution < 1.29 is 21.7 Å². The fourth-order valence-electron chi connectivity index (χ4n) is 2.68. The molecule has 0 aliphatic carbocycles. The number of nitrogens with two attached hydrogens (primary N) is 1. The summed E-state index contributed by atoms with van der Waals surface area (Å²) in [5, 5.41) is 9.38. The van der Waals surface area contributed by atoms with Gasteiger partial charge in [-0.15, -0.1) is 0 Å². The molecule has 0 saturated carbocycles. The summed E-state index contributed by atoms with van der Waals surface area (Å²) in [4.78, 5) is -1.18. The molecule has 9 heteroatoms. The Morgan fingerprint density at radius 1 is 1.08 bits per heavy atom. The molecule has 0 atom stereocenters. The number of halogens is 3. The topological polar surface area (TPSA) is 86.2 Å². The van der Waals surface area contributed by atoms with Crippen molar-refractivity contribution in [3.05, 3.63) is 58.3 Å². The largest absolute Gasteiger partial charge is 0.360 e. The van der Waals surface area contributed by atoms with Crippen LogP contribution in [0.5, 0.6) is 0 Å². The monoisotopic (exact) mass is 398 g/mol. The predicted octanol–water partition coefficient (Wildman–Crippen LogP) is 4.20. The first-order valence-electron chi connectivity index (χ1n) is 7.34. The highest BCUT2D eigenvalue weighted by molar-refractivity contribution is 7.89. The Kier molecular flexibility index (Phi) is 4.60. The molecular weight excluding hydrogens is 386 g/mol. The molecule has 3 rings (SSSR count). The van der Waals surface area contributed by atoms with Crippen LogP contribution in [0.1, 0.15) is 11.3 Å². The van der Waals surface area contributed by atoms with Crippen molar-refractivity contribution in [3.8, 4) is 22.4 Å². The molecule has 0 aliphatic heterocycles. The molecule has 5 nitrogen and oxygen atoms in total. The molecule has 0 unspecified atom stereocenters. The van der Waals surface area contributed by atoms with Gasteiger partial charge in [-0.25, -0.2) is 22.3 Å². The van der Waals surface area contributed by atoms with E-state index < -0.39 is 26.6 Å². The van der Waals surface area contributed by atoms with Crippen molar-refractivity contribution in [3.63, 3.8) is 0 Å². The molecule has 0 fully saturated rings. The standard InChI is InChI=1S/C17H13ClF2N2O3S/c1-8-5-10(3-4-12(8)18)16-15(9(2)25-22-16)11-6-13(19)17(14(20)7-11)26(21,23)24/h3-7H,1-2H3,(H2,21,23,24). The molecule has 0 bridgehead atoms. The Morgan fingerprint density at radius 2 is 1.69 bits per heavy atom. The minimum absolute atomic E-state index is 0.0775. The summed E-state index contributed by atoms with van der Waals surface area (Å²) in [6.45, 7) is 3.39. The van der Waals surface area contributed by atoms with Gasteiger partial charge in [-0.1, -0.05) is 22.8 Å². The highest BCUT2D eigenvalue weighted by atomic mass is 35.5. The summed E-state index contributed by atoms with van der Waals surface area (Å²) in [6, 6.07) is 6.89. The molecule has 0 saturated heterocycles. The second kappa shape index (κ2) is 6.46. The molecule has 0 radical (unpaired) electrons. The normalized spacial score (nSPS) is 11.8. The lowest BCUT2D eigenvalue weighted by Gasteiger charge is -2.08. The molecule has 0 amide bonds. The minimum atomic E-state index is -4.54. The smallest absolute Gasteiger partial charge is 0.243 e. The molecule has 2 N–H and O–H groups in total. The van der Waals surface area contributed by atoms with Gasteiger partial charge in [0.1, 0.15) is 23.1 Å². The summed E-state index contributed by atoms with van der Waals surface area (Å²) in [6.07, 6.45) is 0. The number of sulfonamides is 1. The van der Waals surface area contributed by atoms with E-state index in [4.69, 9.17) is 21.3 Å². The summed E-state index contributed by atoms with van der Waals surface area (Å²) in [7, 11) is -4.54. The van der Waals surface area contributed by atoms with Crippen LogP contribution in [0.3, 0.4) is 0 Å². The van der Waals surface area contributed by atoms with Crippen molar-refractivity contribution in [1.29, 1.82) is 0 Å². The molecule has 1 aromatic heterocycles. The van der Waals surface area contributed by atoms with E-state index >= 15 is 0 Å². The van der Waals surface area contributed by atoms with Crippen LogP contribution in [0.2, 0.25) is 5.02 Å². The Labute approximate surface area is 153 Å².